The monoisotopic (exact) mass is 930 g/mol. The first kappa shape index (κ1) is 42.8. The number of allylic oxidation sites excluding steroid dienone is 8. The van der Waals surface area contributed by atoms with Crippen LogP contribution in [0, 0.1) is 0 Å². The molecule has 4 aromatic carbocycles. The van der Waals surface area contributed by atoms with Gasteiger partial charge in [-0.15, -0.1) is 0 Å². The van der Waals surface area contributed by atoms with Gasteiger partial charge in [-0.3, -0.25) is 19.6 Å². The van der Waals surface area contributed by atoms with Gasteiger partial charge in [-0.1, -0.05) is 119 Å². The van der Waals surface area contributed by atoms with Gasteiger partial charge in [0, 0.05) is 48.9 Å². The Morgan fingerprint density at radius 1 is 0.485 bits per heavy atom. The summed E-state index contributed by atoms with van der Waals surface area (Å²) >= 11 is 0. The number of likely N-dealkylation sites (N-methyl/N-ethyl adjacent to an activating group) is 4. The second-order valence-electron chi connectivity index (χ2n) is 16.6. The minimum absolute atomic E-state index is 0.220. The molecule has 0 spiro atoms. The Labute approximate surface area is 403 Å². The Morgan fingerprint density at radius 2 is 0.882 bits per heavy atom. The third-order valence-electron chi connectivity index (χ3n) is 12.8. The fraction of sp³-hybridized carbons (Fsp3) is 0.143. The number of Topliss-reactive ketones (excluding diaryl/α,β-unsaturated/α-hetero) is 2. The van der Waals surface area contributed by atoms with Gasteiger partial charge in [0.2, 0.25) is 0 Å². The van der Waals surface area contributed by atoms with E-state index in [0.29, 0.717) is 34.2 Å². The highest BCUT2D eigenvalue weighted by atomic mass is 32.1. The van der Waals surface area contributed by atoms with E-state index in [2.05, 4.69) is 201 Å². The largest absolute Gasteiger partial charge is 0.341 e. The van der Waals surface area contributed by atoms with Crippen LogP contribution in [0.2, 0.25) is 0 Å². The van der Waals surface area contributed by atoms with E-state index in [-0.39, 0.29) is 11.6 Å². The number of ketones is 2. The molecule has 0 unspecified atom stereocenters. The van der Waals surface area contributed by atoms with Crippen LogP contribution in [0.25, 0.3) is 12.2 Å². The van der Waals surface area contributed by atoms with E-state index in [0.717, 1.165) is 68.6 Å². The van der Waals surface area contributed by atoms with E-state index in [1.54, 1.807) is 0 Å². The first-order valence-electron chi connectivity index (χ1n) is 23.2. The lowest BCUT2D eigenvalue weighted by molar-refractivity contribution is -0.386. The van der Waals surface area contributed by atoms with Crippen molar-refractivity contribution in [2.45, 2.75) is 27.7 Å². The van der Waals surface area contributed by atoms with Gasteiger partial charge in [-0.25, -0.2) is 10.0 Å². The normalized spacial score (nSPS) is 19.6. The van der Waals surface area contributed by atoms with E-state index in [1.807, 2.05) is 36.4 Å². The maximum Gasteiger partial charge on any atom is 0.275 e. The highest BCUT2D eigenvalue weighted by Crippen LogP contribution is 2.35. The molecule has 1 aliphatic carbocycles. The predicted octanol–water partition coefficient (Wildman–Crippen LogP) is 6.20. The predicted molar refractivity (Wildman–Crippen MR) is 285 cm³/mol. The van der Waals surface area contributed by atoms with Crippen LogP contribution in [-0.2, 0) is 9.59 Å². The smallest absolute Gasteiger partial charge is 0.275 e. The fourth-order valence-corrected chi connectivity index (χ4v) is 12.1. The fourth-order valence-electron chi connectivity index (χ4n) is 9.72. The standard InChI is InChI=1S/C56H48N8O2S2/c1-5-59-39(35-33-37-21-15-17-29-43(37)59)27-19-31-45-47-55(63(61(45)7-3)41-23-11-9-12-24-41)67-53-49(57-47)51(65)54-50(52(53)66)58-48-46(62(8-4)64(56(48)68-54)42-25-13-10-14-26-42)32-20-28-40-36-34-38-22-16-18-30-44(38)60(40)6-2/h9-36H,5-8H2,1-4H3/p+2. The Hall–Kier alpha value is -7.80. The van der Waals surface area contributed by atoms with Gasteiger partial charge in [0.05, 0.1) is 11.4 Å². The number of fused-ring (bicyclic) bond motifs is 6. The summed E-state index contributed by atoms with van der Waals surface area (Å²) < 4.78 is 0. The number of nitrogens with one attached hydrogen (secondary N) is 2. The third-order valence-corrected chi connectivity index (χ3v) is 15.1. The molecule has 1 fully saturated rings. The van der Waals surface area contributed by atoms with E-state index < -0.39 is 0 Å². The molecule has 336 valence electrons. The van der Waals surface area contributed by atoms with Crippen molar-refractivity contribution < 1.29 is 19.6 Å². The Balaban J connectivity index is 1.04. The molecule has 12 heteroatoms. The van der Waals surface area contributed by atoms with Crippen LogP contribution in [0.3, 0.4) is 0 Å². The highest BCUT2D eigenvalue weighted by molar-refractivity contribution is 8.04. The number of hydrogen-bond donors (Lipinski definition) is 2. The van der Waals surface area contributed by atoms with Crippen LogP contribution in [0.4, 0.5) is 22.7 Å². The number of anilines is 4. The Bertz CT molecular complexity index is 3100. The topological polar surface area (TPSA) is 81.5 Å². The van der Waals surface area contributed by atoms with Crippen LogP contribution in [-0.4, -0.2) is 78.9 Å². The Kier molecular flexibility index (Phi) is 11.2. The average Bonchev–Trinajstić information content (AvgIpc) is 3.87. The molecule has 0 atom stereocenters. The summed E-state index contributed by atoms with van der Waals surface area (Å²) in [5.74, 6) is -0.439. The van der Waals surface area contributed by atoms with Crippen molar-refractivity contribution in [3.63, 3.8) is 0 Å². The highest BCUT2D eigenvalue weighted by Gasteiger charge is 2.53. The van der Waals surface area contributed by atoms with Crippen molar-refractivity contribution in [3.05, 3.63) is 203 Å². The summed E-state index contributed by atoms with van der Waals surface area (Å²) in [6.45, 7) is 11.5. The molecule has 1 saturated carbocycles. The molecule has 0 saturated heterocycles. The zero-order chi connectivity index (χ0) is 46.5. The van der Waals surface area contributed by atoms with Gasteiger partial charge in [0.15, 0.2) is 19.7 Å². The molecule has 0 bridgehead atoms. The number of hydrazine groups is 2. The molecule has 10 nitrogen and oxygen atoms in total. The quantitative estimate of drug-likeness (QED) is 0.182. The molecule has 7 aliphatic rings. The number of nitrogens with zero attached hydrogens (tertiary/aromatic N) is 6. The van der Waals surface area contributed by atoms with Crippen LogP contribution >= 0.6 is 21.9 Å². The van der Waals surface area contributed by atoms with Crippen molar-refractivity contribution in [1.82, 2.24) is 10.0 Å². The molecule has 2 N–H and O–H groups in total. The lowest BCUT2D eigenvalue weighted by Gasteiger charge is -2.31. The number of benzene rings is 4. The molecule has 11 rings (SSSR count). The number of carbonyl (C=O) groups excluding carboxylic acids is 2. The van der Waals surface area contributed by atoms with Gasteiger partial charge in [0.25, 0.3) is 34.4 Å². The van der Waals surface area contributed by atoms with Crippen molar-refractivity contribution >= 4 is 99.5 Å². The minimum atomic E-state index is -0.220. The molecule has 0 amide bonds. The van der Waals surface area contributed by atoms with Gasteiger partial charge in [0.1, 0.15) is 11.4 Å². The minimum Gasteiger partial charge on any atom is -0.341 e. The zero-order valence-corrected chi connectivity index (χ0v) is 39.9. The summed E-state index contributed by atoms with van der Waals surface area (Å²) in [5.41, 5.74) is 12.7. The SMILES string of the molecule is CCN1C(=CC=CC2=C3[NH+]=C4C(=O)C5=S=C6C(=C(C=CC=C7C=Cc8ccccc8N7CC)N(CC)N6c6ccccc6)[NH+]=C5C(=O)C4=S=C3N(c3ccccc3)N2CC)C=Cc2ccccc21. The lowest BCUT2D eigenvalue weighted by atomic mass is 9.92. The number of hydrogen-bond acceptors (Lipinski definition) is 8. The van der Waals surface area contributed by atoms with Crippen molar-refractivity contribution in [1.29, 1.82) is 0 Å². The maximum atomic E-state index is 15.1. The number of para-hydroxylation sites is 4. The molecule has 0 aromatic heterocycles. The maximum absolute atomic E-state index is 15.1. The molecule has 6 heterocycles. The number of carbonyl (C=O) groups is 2. The van der Waals surface area contributed by atoms with Crippen molar-refractivity contribution in [2.75, 3.05) is 46.0 Å². The second kappa shape index (κ2) is 17.8. The van der Waals surface area contributed by atoms with Crippen molar-refractivity contribution in [3.8, 4) is 0 Å². The summed E-state index contributed by atoms with van der Waals surface area (Å²) in [6.07, 6.45) is 21.2. The van der Waals surface area contributed by atoms with Gasteiger partial charge in [-0.2, -0.15) is 9.98 Å². The first-order valence-corrected chi connectivity index (χ1v) is 24.9. The number of rotatable bonds is 10. The van der Waals surface area contributed by atoms with Gasteiger partial charge in [-0.05, 0) is 112 Å². The zero-order valence-electron chi connectivity index (χ0n) is 38.3. The summed E-state index contributed by atoms with van der Waals surface area (Å²) in [4.78, 5) is 44.3. The second-order valence-corrected chi connectivity index (χ2v) is 18.5. The van der Waals surface area contributed by atoms with E-state index in [4.69, 9.17) is 0 Å². The molecule has 68 heavy (non-hydrogen) atoms. The van der Waals surface area contributed by atoms with Gasteiger partial charge < -0.3 is 9.80 Å². The van der Waals surface area contributed by atoms with Crippen LogP contribution < -0.4 is 29.8 Å². The van der Waals surface area contributed by atoms with E-state index >= 15 is 9.59 Å². The first-order chi connectivity index (χ1) is 33.4. The summed E-state index contributed by atoms with van der Waals surface area (Å²) in [7, 11) is 2.71. The molecule has 4 aromatic rings. The average molecular weight is 931 g/mol. The van der Waals surface area contributed by atoms with Crippen LogP contribution in [0.15, 0.2) is 192 Å². The third kappa shape index (κ3) is 7.06. The lowest BCUT2D eigenvalue weighted by Crippen LogP contribution is -2.85. The molecular formula is C56H50N8O2S2+2. The molecular weight excluding hydrogens is 881 g/mol. The van der Waals surface area contributed by atoms with Crippen LogP contribution in [0.5, 0.6) is 0 Å². The molecule has 0 radical (unpaired) electrons. The summed E-state index contributed by atoms with van der Waals surface area (Å²) in [5, 5.41) is 8.71. The Morgan fingerprint density at radius 3 is 1.28 bits per heavy atom. The van der Waals surface area contributed by atoms with Crippen LogP contribution in [0.1, 0.15) is 38.8 Å². The van der Waals surface area contributed by atoms with E-state index in [1.165, 1.54) is 44.4 Å². The van der Waals surface area contributed by atoms with Gasteiger partial charge >= 0.3 is 0 Å². The summed E-state index contributed by atoms with van der Waals surface area (Å²) in [6, 6.07) is 37.2. The molecule has 6 aliphatic heterocycles. The van der Waals surface area contributed by atoms with E-state index in [9.17, 15) is 0 Å². The van der Waals surface area contributed by atoms with Crippen molar-refractivity contribution in [2.24, 2.45) is 0 Å².